The number of hydrogen-bond acceptors (Lipinski definition) is 2. The lowest BCUT2D eigenvalue weighted by Gasteiger charge is -2.43. The second-order valence-electron chi connectivity index (χ2n) is 8.56. The molecule has 3 fully saturated rings. The van der Waals surface area contributed by atoms with Crippen molar-refractivity contribution in [3.63, 3.8) is 0 Å². The molecule has 3 aliphatic carbocycles. The van der Waals surface area contributed by atoms with Crippen molar-refractivity contribution in [2.75, 3.05) is 0 Å². The average molecular weight is 303 g/mol. The van der Waals surface area contributed by atoms with Crippen LogP contribution in [0.15, 0.2) is 4.99 Å². The first-order chi connectivity index (χ1) is 10.8. The number of fused-ring (bicyclic) bond motifs is 1. The second-order valence-corrected chi connectivity index (χ2v) is 8.56. The number of hydrogen-bond donors (Lipinski definition) is 0. The minimum absolute atomic E-state index is 0.657. The van der Waals surface area contributed by atoms with Crippen LogP contribution in [0.5, 0.6) is 0 Å². The first-order valence-electron chi connectivity index (χ1n) is 10.2. The van der Waals surface area contributed by atoms with E-state index in [1.54, 1.807) is 5.84 Å². The largest absolute Gasteiger partial charge is 0.352 e. The third kappa shape index (κ3) is 2.83. The molecule has 0 spiro atoms. The van der Waals surface area contributed by atoms with Crippen LogP contribution in [0.25, 0.3) is 0 Å². The molecule has 0 saturated heterocycles. The zero-order valence-corrected chi connectivity index (χ0v) is 14.5. The first kappa shape index (κ1) is 15.0. The zero-order chi connectivity index (χ0) is 14.9. The molecule has 0 aromatic carbocycles. The van der Waals surface area contributed by atoms with Crippen molar-refractivity contribution < 1.29 is 0 Å². The molecule has 2 heteroatoms. The molecule has 0 aromatic rings. The Bertz CT molecular complexity index is 402. The van der Waals surface area contributed by atoms with Gasteiger partial charge in [0.1, 0.15) is 5.84 Å². The Kier molecular flexibility index (Phi) is 4.46. The van der Waals surface area contributed by atoms with Crippen LogP contribution in [0, 0.1) is 11.8 Å². The van der Waals surface area contributed by atoms with E-state index in [4.69, 9.17) is 4.99 Å². The van der Waals surface area contributed by atoms with Crippen LogP contribution in [-0.2, 0) is 0 Å². The lowest BCUT2D eigenvalue weighted by atomic mass is 9.81. The highest BCUT2D eigenvalue weighted by Gasteiger charge is 2.43. The van der Waals surface area contributed by atoms with Gasteiger partial charge in [-0.25, -0.2) is 0 Å². The molecule has 1 aliphatic heterocycles. The van der Waals surface area contributed by atoms with E-state index in [0.29, 0.717) is 6.04 Å². The molecule has 2 nitrogen and oxygen atoms in total. The number of rotatable bonds is 2. The van der Waals surface area contributed by atoms with Crippen molar-refractivity contribution in [3.05, 3.63) is 0 Å². The number of nitrogens with zero attached hydrogens (tertiary/aromatic N) is 2. The quantitative estimate of drug-likeness (QED) is 0.687. The van der Waals surface area contributed by atoms with Crippen LogP contribution in [0.1, 0.15) is 90.4 Å². The summed E-state index contributed by atoms with van der Waals surface area (Å²) in [6.07, 6.45) is 18.5. The van der Waals surface area contributed by atoms with Crippen LogP contribution in [0.2, 0.25) is 0 Å². The van der Waals surface area contributed by atoms with Crippen LogP contribution in [-0.4, -0.2) is 28.9 Å². The fraction of sp³-hybridized carbons (Fsp3) is 0.950. The molecule has 0 aromatic heterocycles. The SMILES string of the molecule is CC1CCC(C2=NC3CCCCC3N2C2CCCCC2)CC1. The standard InChI is InChI=1S/C20H34N2/c1-15-11-13-16(14-12-15)20-21-18-9-5-6-10-19(18)22(20)17-7-3-2-4-8-17/h15-19H,2-14H2,1H3. The van der Waals surface area contributed by atoms with E-state index < -0.39 is 0 Å². The van der Waals surface area contributed by atoms with Crippen molar-refractivity contribution in [2.24, 2.45) is 16.8 Å². The van der Waals surface area contributed by atoms with Crippen molar-refractivity contribution in [1.29, 1.82) is 0 Å². The van der Waals surface area contributed by atoms with Gasteiger partial charge in [-0.1, -0.05) is 51.9 Å². The smallest absolute Gasteiger partial charge is 0.103 e. The van der Waals surface area contributed by atoms with Gasteiger partial charge in [0.15, 0.2) is 0 Å². The Morgan fingerprint density at radius 3 is 2.23 bits per heavy atom. The number of aliphatic imine (C=N–C) groups is 1. The number of amidine groups is 1. The van der Waals surface area contributed by atoms with Gasteiger partial charge in [-0.15, -0.1) is 0 Å². The van der Waals surface area contributed by atoms with E-state index in [1.807, 2.05) is 0 Å². The van der Waals surface area contributed by atoms with E-state index in [0.717, 1.165) is 23.9 Å². The van der Waals surface area contributed by atoms with E-state index >= 15 is 0 Å². The molecule has 22 heavy (non-hydrogen) atoms. The maximum absolute atomic E-state index is 5.36. The summed E-state index contributed by atoms with van der Waals surface area (Å²) in [5.41, 5.74) is 0. The first-order valence-corrected chi connectivity index (χ1v) is 10.2. The molecule has 3 saturated carbocycles. The Morgan fingerprint density at radius 2 is 1.45 bits per heavy atom. The predicted molar refractivity (Wildman–Crippen MR) is 93.3 cm³/mol. The third-order valence-corrected chi connectivity index (χ3v) is 6.96. The summed E-state index contributed by atoms with van der Waals surface area (Å²) in [5, 5.41) is 0. The minimum Gasteiger partial charge on any atom is -0.352 e. The Hall–Kier alpha value is -0.530. The lowest BCUT2D eigenvalue weighted by molar-refractivity contribution is 0.155. The summed E-state index contributed by atoms with van der Waals surface area (Å²) in [4.78, 5) is 8.26. The van der Waals surface area contributed by atoms with Gasteiger partial charge in [0.05, 0.1) is 12.1 Å². The topological polar surface area (TPSA) is 15.6 Å². The van der Waals surface area contributed by atoms with Gasteiger partial charge >= 0.3 is 0 Å². The molecular formula is C20H34N2. The summed E-state index contributed by atoms with van der Waals surface area (Å²) in [7, 11) is 0. The molecule has 124 valence electrons. The molecule has 0 radical (unpaired) electrons. The van der Waals surface area contributed by atoms with Gasteiger partial charge < -0.3 is 4.90 Å². The molecule has 2 atom stereocenters. The molecule has 2 unspecified atom stereocenters. The summed E-state index contributed by atoms with van der Waals surface area (Å²) in [6, 6.07) is 2.27. The fourth-order valence-electron chi connectivity index (χ4n) is 5.62. The highest BCUT2D eigenvalue weighted by atomic mass is 15.3. The monoisotopic (exact) mass is 302 g/mol. The van der Waals surface area contributed by atoms with Crippen LogP contribution >= 0.6 is 0 Å². The van der Waals surface area contributed by atoms with Gasteiger partial charge in [0, 0.05) is 12.0 Å². The normalized spacial score (nSPS) is 40.4. The van der Waals surface area contributed by atoms with Gasteiger partial charge in [-0.3, -0.25) is 4.99 Å². The molecule has 4 aliphatic rings. The van der Waals surface area contributed by atoms with Crippen LogP contribution < -0.4 is 0 Å². The van der Waals surface area contributed by atoms with Crippen molar-refractivity contribution >= 4 is 5.84 Å². The minimum atomic E-state index is 0.657. The van der Waals surface area contributed by atoms with Crippen molar-refractivity contribution in [3.8, 4) is 0 Å². The predicted octanol–water partition coefficient (Wildman–Crippen LogP) is 5.17. The fourth-order valence-corrected chi connectivity index (χ4v) is 5.62. The van der Waals surface area contributed by atoms with Crippen LogP contribution in [0.3, 0.4) is 0 Å². The van der Waals surface area contributed by atoms with Crippen molar-refractivity contribution in [1.82, 2.24) is 4.90 Å². The highest BCUT2D eigenvalue weighted by Crippen LogP contribution is 2.40. The Morgan fingerprint density at radius 1 is 0.773 bits per heavy atom. The average Bonchev–Trinajstić information content (AvgIpc) is 2.96. The third-order valence-electron chi connectivity index (χ3n) is 6.96. The maximum atomic E-state index is 5.36. The van der Waals surface area contributed by atoms with Crippen LogP contribution in [0.4, 0.5) is 0 Å². The Labute approximate surface area is 136 Å². The van der Waals surface area contributed by atoms with Gasteiger partial charge in [0.2, 0.25) is 0 Å². The van der Waals surface area contributed by atoms with E-state index in [2.05, 4.69) is 11.8 Å². The summed E-state index contributed by atoms with van der Waals surface area (Å²) >= 11 is 0. The van der Waals surface area contributed by atoms with E-state index in [9.17, 15) is 0 Å². The molecule has 4 rings (SSSR count). The summed E-state index contributed by atoms with van der Waals surface area (Å²) in [5.74, 6) is 3.32. The van der Waals surface area contributed by atoms with Gasteiger partial charge in [-0.2, -0.15) is 0 Å². The molecule has 0 bridgehead atoms. The molecular weight excluding hydrogens is 268 g/mol. The van der Waals surface area contributed by atoms with Crippen molar-refractivity contribution in [2.45, 2.75) is 109 Å². The molecule has 0 N–H and O–H groups in total. The van der Waals surface area contributed by atoms with Gasteiger partial charge in [0.25, 0.3) is 0 Å². The van der Waals surface area contributed by atoms with E-state index in [1.165, 1.54) is 83.5 Å². The molecule has 1 heterocycles. The zero-order valence-electron chi connectivity index (χ0n) is 14.5. The highest BCUT2D eigenvalue weighted by molar-refractivity contribution is 5.87. The maximum Gasteiger partial charge on any atom is 0.103 e. The van der Waals surface area contributed by atoms with E-state index in [-0.39, 0.29) is 0 Å². The Balaban J connectivity index is 1.55. The summed E-state index contributed by atoms with van der Waals surface area (Å²) in [6.45, 7) is 2.44. The lowest BCUT2D eigenvalue weighted by Crippen LogP contribution is -2.50. The summed E-state index contributed by atoms with van der Waals surface area (Å²) < 4.78 is 0. The van der Waals surface area contributed by atoms with Gasteiger partial charge in [-0.05, 0) is 44.4 Å². The second kappa shape index (κ2) is 6.53. The molecule has 0 amide bonds.